The van der Waals surface area contributed by atoms with Crippen LogP contribution in [0.1, 0.15) is 11.1 Å². The Kier molecular flexibility index (Phi) is 7.40. The highest BCUT2D eigenvalue weighted by atomic mass is 79.9. The number of anilines is 1. The minimum Gasteiger partial charge on any atom is -0.362 e. The van der Waals surface area contributed by atoms with E-state index in [0.717, 1.165) is 39.3 Å². The first-order valence-electron chi connectivity index (χ1n) is 7.05. The molecule has 2 rings (SSSR count). The second-order valence-corrected chi connectivity index (χ2v) is 7.14. The predicted molar refractivity (Wildman–Crippen MR) is 106 cm³/mol. The maximum Gasteiger partial charge on any atom is 0.170 e. The number of nitrogens with one attached hydrogen (secondary N) is 2. The van der Waals surface area contributed by atoms with Crippen molar-refractivity contribution in [2.45, 2.75) is 5.75 Å². The molecule has 0 amide bonds. The fourth-order valence-corrected chi connectivity index (χ4v) is 3.40. The zero-order valence-corrected chi connectivity index (χ0v) is 15.6. The normalized spacial score (nSPS) is 9.91. The molecule has 0 unspecified atom stereocenters. The molecule has 0 bridgehead atoms. The maximum atomic E-state index is 9.05. The van der Waals surface area contributed by atoms with Crippen LogP contribution >= 0.6 is 39.9 Å². The van der Waals surface area contributed by atoms with Gasteiger partial charge in [-0.2, -0.15) is 17.0 Å². The summed E-state index contributed by atoms with van der Waals surface area (Å²) in [6.07, 6.45) is 0. The molecule has 0 heterocycles. The largest absolute Gasteiger partial charge is 0.362 e. The Morgan fingerprint density at radius 1 is 1.22 bits per heavy atom. The number of hydrogen-bond acceptors (Lipinski definition) is 3. The quantitative estimate of drug-likeness (QED) is 0.545. The van der Waals surface area contributed by atoms with Gasteiger partial charge in [-0.15, -0.1) is 0 Å². The molecular formula is C17H16BrN3S2. The van der Waals surface area contributed by atoms with Crippen molar-refractivity contribution in [2.75, 3.05) is 17.6 Å². The first-order valence-corrected chi connectivity index (χ1v) is 9.41. The molecule has 0 radical (unpaired) electrons. The zero-order valence-electron chi connectivity index (χ0n) is 12.4. The van der Waals surface area contributed by atoms with Gasteiger partial charge in [-0.25, -0.2) is 0 Å². The van der Waals surface area contributed by atoms with E-state index in [-0.39, 0.29) is 0 Å². The molecule has 2 aromatic carbocycles. The summed E-state index contributed by atoms with van der Waals surface area (Å²) in [4.78, 5) is 0. The van der Waals surface area contributed by atoms with Crippen molar-refractivity contribution >= 4 is 50.7 Å². The van der Waals surface area contributed by atoms with Crippen LogP contribution in [0.4, 0.5) is 5.69 Å². The third-order valence-electron chi connectivity index (χ3n) is 3.01. The van der Waals surface area contributed by atoms with Crippen molar-refractivity contribution in [3.05, 3.63) is 64.1 Å². The predicted octanol–water partition coefficient (Wildman–Crippen LogP) is 4.54. The summed E-state index contributed by atoms with van der Waals surface area (Å²) < 4.78 is 1.01. The smallest absolute Gasteiger partial charge is 0.170 e. The van der Waals surface area contributed by atoms with E-state index in [1.165, 1.54) is 0 Å². The molecule has 2 aromatic rings. The molecule has 23 heavy (non-hydrogen) atoms. The lowest BCUT2D eigenvalue weighted by molar-refractivity contribution is 0.989. The third kappa shape index (κ3) is 6.22. The molecule has 118 valence electrons. The lowest BCUT2D eigenvalue weighted by atomic mass is 10.1. The Bertz CT molecular complexity index is 713. The van der Waals surface area contributed by atoms with Crippen LogP contribution in [0.3, 0.4) is 0 Å². The van der Waals surface area contributed by atoms with E-state index in [1.54, 1.807) is 11.8 Å². The van der Waals surface area contributed by atoms with Gasteiger partial charge in [-0.1, -0.05) is 40.2 Å². The van der Waals surface area contributed by atoms with Gasteiger partial charge in [-0.3, -0.25) is 0 Å². The van der Waals surface area contributed by atoms with Gasteiger partial charge in [0.15, 0.2) is 5.11 Å². The van der Waals surface area contributed by atoms with E-state index < -0.39 is 0 Å². The topological polar surface area (TPSA) is 47.9 Å². The number of thiocarbonyl (C=S) groups is 1. The van der Waals surface area contributed by atoms with Gasteiger partial charge in [-0.05, 0) is 42.0 Å². The number of thioether (sulfide) groups is 1. The van der Waals surface area contributed by atoms with Gasteiger partial charge in [0, 0.05) is 28.2 Å². The summed E-state index contributed by atoms with van der Waals surface area (Å²) in [5.74, 6) is 1.75. The molecule has 0 aliphatic carbocycles. The minimum atomic E-state index is 0.612. The second-order valence-electron chi connectivity index (χ2n) is 4.71. The van der Waals surface area contributed by atoms with E-state index >= 15 is 0 Å². The molecule has 2 N–H and O–H groups in total. The lowest BCUT2D eigenvalue weighted by Crippen LogP contribution is -2.30. The number of halogens is 1. The first kappa shape index (κ1) is 17.8. The van der Waals surface area contributed by atoms with Crippen molar-refractivity contribution in [2.24, 2.45) is 0 Å². The zero-order chi connectivity index (χ0) is 16.5. The van der Waals surface area contributed by atoms with Crippen molar-refractivity contribution in [3.63, 3.8) is 0 Å². The van der Waals surface area contributed by atoms with Crippen molar-refractivity contribution in [1.82, 2.24) is 5.32 Å². The van der Waals surface area contributed by atoms with Gasteiger partial charge in [0.1, 0.15) is 0 Å². The van der Waals surface area contributed by atoms with Crippen molar-refractivity contribution in [1.29, 1.82) is 5.26 Å². The van der Waals surface area contributed by atoms with Crippen LogP contribution in [0, 0.1) is 11.3 Å². The summed E-state index contributed by atoms with van der Waals surface area (Å²) in [7, 11) is 0. The van der Waals surface area contributed by atoms with Crippen LogP contribution in [0.25, 0.3) is 0 Å². The van der Waals surface area contributed by atoms with Gasteiger partial charge in [0.2, 0.25) is 0 Å². The van der Waals surface area contributed by atoms with Crippen LogP contribution in [0.15, 0.2) is 53.0 Å². The monoisotopic (exact) mass is 405 g/mol. The van der Waals surface area contributed by atoms with Gasteiger partial charge < -0.3 is 10.6 Å². The van der Waals surface area contributed by atoms with E-state index in [0.29, 0.717) is 5.11 Å². The average molecular weight is 406 g/mol. The van der Waals surface area contributed by atoms with Gasteiger partial charge in [0.25, 0.3) is 0 Å². The molecule has 3 nitrogen and oxygen atoms in total. The molecule has 0 aliphatic rings. The highest BCUT2D eigenvalue weighted by Crippen LogP contribution is 2.16. The molecule has 0 aromatic heterocycles. The fourth-order valence-electron chi connectivity index (χ4n) is 1.92. The van der Waals surface area contributed by atoms with E-state index in [1.807, 2.05) is 48.5 Å². The van der Waals surface area contributed by atoms with Crippen LogP contribution in [-0.2, 0) is 5.75 Å². The van der Waals surface area contributed by atoms with Gasteiger partial charge in [0.05, 0.1) is 11.6 Å². The number of nitrogens with zero attached hydrogens (tertiary/aromatic N) is 1. The standard InChI is InChI=1S/C17H16BrN3S2/c18-15-6-3-7-16(10-15)21-17(22)20-8-9-23-12-14-5-2-1-4-13(14)11-19/h1-7,10H,8-9,12H2,(H2,20,21,22). The van der Waals surface area contributed by atoms with E-state index in [2.05, 4.69) is 32.6 Å². The fraction of sp³-hybridized carbons (Fsp3) is 0.176. The first-order chi connectivity index (χ1) is 11.2. The van der Waals surface area contributed by atoms with Crippen molar-refractivity contribution < 1.29 is 0 Å². The highest BCUT2D eigenvalue weighted by molar-refractivity contribution is 9.10. The molecular weight excluding hydrogens is 390 g/mol. The molecule has 0 saturated carbocycles. The molecule has 0 fully saturated rings. The number of benzene rings is 2. The maximum absolute atomic E-state index is 9.05. The third-order valence-corrected chi connectivity index (χ3v) is 4.76. The lowest BCUT2D eigenvalue weighted by Gasteiger charge is -2.10. The van der Waals surface area contributed by atoms with Crippen molar-refractivity contribution in [3.8, 4) is 6.07 Å². The van der Waals surface area contributed by atoms with Crippen LogP contribution in [0.5, 0.6) is 0 Å². The SMILES string of the molecule is N#Cc1ccccc1CSCCNC(=S)Nc1cccc(Br)c1. The molecule has 0 atom stereocenters. The Hall–Kier alpha value is -1.55. The van der Waals surface area contributed by atoms with E-state index in [4.69, 9.17) is 17.5 Å². The summed E-state index contributed by atoms with van der Waals surface area (Å²) in [5.41, 5.74) is 2.78. The van der Waals surface area contributed by atoms with Crippen LogP contribution < -0.4 is 10.6 Å². The summed E-state index contributed by atoms with van der Waals surface area (Å²) in [6, 6.07) is 17.8. The van der Waals surface area contributed by atoms with Crippen LogP contribution in [-0.4, -0.2) is 17.4 Å². The number of nitriles is 1. The Balaban J connectivity index is 1.67. The van der Waals surface area contributed by atoms with Gasteiger partial charge >= 0.3 is 0 Å². The van der Waals surface area contributed by atoms with E-state index in [9.17, 15) is 0 Å². The summed E-state index contributed by atoms with van der Waals surface area (Å²) in [5, 5.41) is 16.0. The summed E-state index contributed by atoms with van der Waals surface area (Å²) in [6.45, 7) is 0.777. The second kappa shape index (κ2) is 9.56. The molecule has 0 saturated heterocycles. The van der Waals surface area contributed by atoms with Crippen LogP contribution in [0.2, 0.25) is 0 Å². The molecule has 6 heteroatoms. The number of rotatable bonds is 6. The average Bonchev–Trinajstić information content (AvgIpc) is 2.55. The molecule has 0 aliphatic heterocycles. The Morgan fingerprint density at radius 2 is 2.04 bits per heavy atom. The summed E-state index contributed by atoms with van der Waals surface area (Å²) >= 11 is 10.5. The molecule has 0 spiro atoms. The minimum absolute atomic E-state index is 0.612. The Morgan fingerprint density at radius 3 is 2.83 bits per heavy atom. The Labute approximate surface area is 154 Å². The number of hydrogen-bond donors (Lipinski definition) is 2. The highest BCUT2D eigenvalue weighted by Gasteiger charge is 2.01.